The highest BCUT2D eigenvalue weighted by molar-refractivity contribution is 7.71. The van der Waals surface area contributed by atoms with E-state index in [4.69, 9.17) is 18.0 Å². The van der Waals surface area contributed by atoms with Crippen LogP contribution in [0.5, 0.6) is 0 Å². The van der Waals surface area contributed by atoms with E-state index in [-0.39, 0.29) is 12.3 Å². The third-order valence-electron chi connectivity index (χ3n) is 3.76. The average Bonchev–Trinajstić information content (AvgIpc) is 2.81. The van der Waals surface area contributed by atoms with Gasteiger partial charge in [0.15, 0.2) is 4.77 Å². The molecule has 0 bridgehead atoms. The molecule has 6 nitrogen and oxygen atoms in total. The van der Waals surface area contributed by atoms with Crippen molar-refractivity contribution in [2.75, 3.05) is 6.54 Å². The number of hydrogen-bond donors (Lipinski definition) is 1. The van der Waals surface area contributed by atoms with Gasteiger partial charge in [0.1, 0.15) is 5.82 Å². The van der Waals surface area contributed by atoms with Gasteiger partial charge in [-0.25, -0.2) is 4.68 Å². The highest BCUT2D eigenvalue weighted by Crippen LogP contribution is 2.08. The van der Waals surface area contributed by atoms with E-state index in [1.54, 1.807) is 4.68 Å². The summed E-state index contributed by atoms with van der Waals surface area (Å²) in [5, 5.41) is 4.54. The predicted molar refractivity (Wildman–Crippen MR) is 92.1 cm³/mol. The van der Waals surface area contributed by atoms with Crippen molar-refractivity contribution in [3.63, 3.8) is 0 Å². The van der Waals surface area contributed by atoms with Gasteiger partial charge in [-0.3, -0.25) is 9.69 Å². The molecule has 2 rings (SSSR count). The number of nitrogens with two attached hydrogens (primary N) is 1. The first-order valence-electron chi connectivity index (χ1n) is 7.68. The van der Waals surface area contributed by atoms with Crippen molar-refractivity contribution in [2.24, 2.45) is 12.8 Å². The largest absolute Gasteiger partial charge is 0.370 e. The van der Waals surface area contributed by atoms with Crippen LogP contribution < -0.4 is 5.73 Å². The van der Waals surface area contributed by atoms with Crippen LogP contribution in [0, 0.1) is 4.77 Å². The molecule has 1 heterocycles. The van der Waals surface area contributed by atoms with Crippen molar-refractivity contribution in [3.8, 4) is 0 Å². The summed E-state index contributed by atoms with van der Waals surface area (Å²) in [4.78, 5) is 13.2. The average molecular weight is 333 g/mol. The summed E-state index contributed by atoms with van der Waals surface area (Å²) in [6.07, 6.45) is 0.786. The molecule has 1 aromatic heterocycles. The van der Waals surface area contributed by atoms with Gasteiger partial charge < -0.3 is 10.3 Å². The highest BCUT2D eigenvalue weighted by Gasteiger charge is 2.11. The lowest BCUT2D eigenvalue weighted by atomic mass is 10.2. The molecular formula is C16H23N5OS. The summed E-state index contributed by atoms with van der Waals surface area (Å²) in [6.45, 7) is 4.47. The predicted octanol–water partition coefficient (Wildman–Crippen LogP) is 1.85. The first-order valence-corrected chi connectivity index (χ1v) is 8.09. The Hall–Kier alpha value is -1.99. The fourth-order valence-electron chi connectivity index (χ4n) is 2.37. The van der Waals surface area contributed by atoms with Crippen LogP contribution in [-0.4, -0.2) is 31.7 Å². The van der Waals surface area contributed by atoms with Gasteiger partial charge in [0.05, 0.1) is 6.67 Å². The zero-order chi connectivity index (χ0) is 16.8. The minimum Gasteiger partial charge on any atom is -0.370 e. The van der Waals surface area contributed by atoms with Crippen LogP contribution in [0.15, 0.2) is 30.3 Å². The van der Waals surface area contributed by atoms with Crippen molar-refractivity contribution in [1.29, 1.82) is 0 Å². The van der Waals surface area contributed by atoms with Crippen molar-refractivity contribution < 1.29 is 4.79 Å². The molecule has 0 aliphatic rings. The van der Waals surface area contributed by atoms with Crippen LogP contribution in [0.1, 0.15) is 24.7 Å². The van der Waals surface area contributed by atoms with E-state index in [0.717, 1.165) is 18.9 Å². The van der Waals surface area contributed by atoms with Crippen LogP contribution in [0.3, 0.4) is 0 Å². The number of nitrogens with zero attached hydrogens (tertiary/aromatic N) is 4. The standard InChI is InChI=1S/C16H23N5OS/c1-3-20(11-13-7-5-4-6-8-13)12-21-16(23)19(2)15(18-21)10-9-14(17)22/h4-8H,3,9-12H2,1-2H3,(H2,17,22). The van der Waals surface area contributed by atoms with E-state index in [1.165, 1.54) is 5.56 Å². The number of carbonyl (C=O) groups is 1. The van der Waals surface area contributed by atoms with Gasteiger partial charge in [0.25, 0.3) is 0 Å². The summed E-state index contributed by atoms with van der Waals surface area (Å²) in [6, 6.07) is 10.3. The quantitative estimate of drug-likeness (QED) is 0.749. The lowest BCUT2D eigenvalue weighted by Gasteiger charge is -2.20. The van der Waals surface area contributed by atoms with Crippen LogP contribution in [0.2, 0.25) is 0 Å². The third kappa shape index (κ3) is 4.74. The molecule has 0 aliphatic carbocycles. The molecule has 2 N–H and O–H groups in total. The Morgan fingerprint density at radius 1 is 1.35 bits per heavy atom. The number of benzene rings is 1. The smallest absolute Gasteiger partial charge is 0.217 e. The monoisotopic (exact) mass is 333 g/mol. The van der Waals surface area contributed by atoms with Gasteiger partial charge in [-0.1, -0.05) is 37.3 Å². The minimum atomic E-state index is -0.329. The molecule has 0 saturated carbocycles. The molecule has 0 unspecified atom stereocenters. The van der Waals surface area contributed by atoms with Crippen molar-refractivity contribution in [1.82, 2.24) is 19.2 Å². The number of primary amides is 1. The second-order valence-corrected chi connectivity index (χ2v) is 5.86. The molecule has 1 aromatic carbocycles. The zero-order valence-electron chi connectivity index (χ0n) is 13.6. The summed E-state index contributed by atoms with van der Waals surface area (Å²) in [7, 11) is 1.87. The Morgan fingerprint density at radius 2 is 2.04 bits per heavy atom. The molecule has 0 aliphatic heterocycles. The Balaban J connectivity index is 2.10. The Bertz CT molecular complexity index is 707. The highest BCUT2D eigenvalue weighted by atomic mass is 32.1. The molecule has 0 atom stereocenters. The zero-order valence-corrected chi connectivity index (χ0v) is 14.4. The maximum Gasteiger partial charge on any atom is 0.217 e. The van der Waals surface area contributed by atoms with E-state index in [9.17, 15) is 4.79 Å². The van der Waals surface area contributed by atoms with Crippen LogP contribution in [-0.2, 0) is 31.5 Å². The molecular weight excluding hydrogens is 310 g/mol. The van der Waals surface area contributed by atoms with E-state index in [0.29, 0.717) is 17.9 Å². The fraction of sp³-hybridized carbons (Fsp3) is 0.438. The van der Waals surface area contributed by atoms with E-state index in [1.807, 2.05) is 29.8 Å². The first-order chi connectivity index (χ1) is 11.0. The van der Waals surface area contributed by atoms with Gasteiger partial charge in [-0.2, -0.15) is 5.10 Å². The number of amides is 1. The van der Waals surface area contributed by atoms with E-state index >= 15 is 0 Å². The minimum absolute atomic E-state index is 0.279. The molecule has 2 aromatic rings. The molecule has 0 radical (unpaired) electrons. The van der Waals surface area contributed by atoms with Crippen LogP contribution in [0.25, 0.3) is 0 Å². The van der Waals surface area contributed by atoms with Crippen molar-refractivity contribution >= 4 is 18.1 Å². The third-order valence-corrected chi connectivity index (χ3v) is 4.24. The number of aromatic nitrogens is 3. The maximum absolute atomic E-state index is 10.9. The van der Waals surface area contributed by atoms with Gasteiger partial charge in [-0.05, 0) is 24.3 Å². The SMILES string of the molecule is CCN(Cc1ccccc1)Cn1nc(CCC(N)=O)n(C)c1=S. The van der Waals surface area contributed by atoms with Gasteiger partial charge in [-0.15, -0.1) is 0 Å². The van der Waals surface area contributed by atoms with Gasteiger partial charge in [0, 0.05) is 26.4 Å². The summed E-state index contributed by atoms with van der Waals surface area (Å²) in [5.41, 5.74) is 6.46. The van der Waals surface area contributed by atoms with Crippen molar-refractivity contribution in [3.05, 3.63) is 46.5 Å². The summed E-state index contributed by atoms with van der Waals surface area (Å²) >= 11 is 5.45. The fourth-order valence-corrected chi connectivity index (χ4v) is 2.57. The number of rotatable bonds is 8. The Kier molecular flexibility index (Phi) is 6.06. The molecule has 7 heteroatoms. The van der Waals surface area contributed by atoms with Crippen LogP contribution in [0.4, 0.5) is 0 Å². The molecule has 0 fully saturated rings. The topological polar surface area (TPSA) is 69.1 Å². The molecule has 1 amide bonds. The van der Waals surface area contributed by atoms with E-state index < -0.39 is 0 Å². The first kappa shape index (κ1) is 17.4. The second-order valence-electron chi connectivity index (χ2n) is 5.50. The normalized spacial score (nSPS) is 11.1. The van der Waals surface area contributed by atoms with Crippen LogP contribution >= 0.6 is 12.2 Å². The Morgan fingerprint density at radius 3 is 2.65 bits per heavy atom. The lowest BCUT2D eigenvalue weighted by Crippen LogP contribution is -2.26. The van der Waals surface area contributed by atoms with Gasteiger partial charge >= 0.3 is 0 Å². The Labute approximate surface area is 141 Å². The van der Waals surface area contributed by atoms with Crippen molar-refractivity contribution in [2.45, 2.75) is 33.0 Å². The van der Waals surface area contributed by atoms with E-state index in [2.05, 4.69) is 29.1 Å². The number of hydrogen-bond acceptors (Lipinski definition) is 4. The maximum atomic E-state index is 10.9. The number of aryl methyl sites for hydroxylation is 1. The second kappa shape index (κ2) is 8.03. The van der Waals surface area contributed by atoms with Gasteiger partial charge in [0.2, 0.25) is 5.91 Å². The molecule has 124 valence electrons. The summed E-state index contributed by atoms with van der Waals surface area (Å²) < 4.78 is 4.29. The summed E-state index contributed by atoms with van der Waals surface area (Å²) in [5.74, 6) is 0.453. The molecule has 23 heavy (non-hydrogen) atoms. The molecule has 0 spiro atoms. The lowest BCUT2D eigenvalue weighted by molar-refractivity contribution is -0.118. The molecule has 0 saturated heterocycles. The number of carbonyl (C=O) groups excluding carboxylic acids is 1.